The van der Waals surface area contributed by atoms with Gasteiger partial charge in [-0.3, -0.25) is 0 Å². The molecule has 0 aliphatic rings. The Bertz CT molecular complexity index is 290. The molecule has 1 atom stereocenters. The van der Waals surface area contributed by atoms with Gasteiger partial charge in [0.15, 0.2) is 0 Å². The van der Waals surface area contributed by atoms with Crippen molar-refractivity contribution in [3.8, 4) is 5.75 Å². The monoisotopic (exact) mass is 210 g/mol. The van der Waals surface area contributed by atoms with E-state index in [-0.39, 0.29) is 5.75 Å². The number of rotatable bonds is 5. The molecule has 0 radical (unpaired) electrons. The zero-order valence-electron chi connectivity index (χ0n) is 9.23. The molecule has 3 heteroatoms. The second kappa shape index (κ2) is 5.14. The molecule has 0 heterocycles. The third-order valence-electron chi connectivity index (χ3n) is 2.37. The first-order chi connectivity index (χ1) is 7.03. The highest BCUT2D eigenvalue weighted by molar-refractivity contribution is 5.26. The Morgan fingerprint density at radius 2 is 1.87 bits per heavy atom. The van der Waals surface area contributed by atoms with Crippen LogP contribution in [0.4, 0.5) is 0 Å². The van der Waals surface area contributed by atoms with Crippen molar-refractivity contribution in [3.05, 3.63) is 29.8 Å². The normalized spacial score (nSPS) is 14.9. The van der Waals surface area contributed by atoms with E-state index >= 15 is 0 Å². The molecule has 0 saturated carbocycles. The second-order valence-corrected chi connectivity index (χ2v) is 4.08. The molecule has 0 aliphatic carbocycles. The molecule has 1 aromatic carbocycles. The highest BCUT2D eigenvalue weighted by Crippen LogP contribution is 2.18. The van der Waals surface area contributed by atoms with Crippen LogP contribution in [0.5, 0.6) is 5.75 Å². The topological polar surface area (TPSA) is 49.7 Å². The average molecular weight is 210 g/mol. The summed E-state index contributed by atoms with van der Waals surface area (Å²) in [6, 6.07) is 6.89. The fourth-order valence-electron chi connectivity index (χ4n) is 1.46. The maximum absolute atomic E-state index is 10.0. The van der Waals surface area contributed by atoms with E-state index in [1.807, 2.05) is 12.1 Å². The minimum Gasteiger partial charge on any atom is -0.508 e. The molecule has 0 amide bonds. The van der Waals surface area contributed by atoms with Gasteiger partial charge in [-0.25, -0.2) is 0 Å². The summed E-state index contributed by atoms with van der Waals surface area (Å²) >= 11 is 0. The minimum absolute atomic E-state index is 0.246. The van der Waals surface area contributed by atoms with Crippen LogP contribution >= 0.6 is 0 Å². The third kappa shape index (κ3) is 4.32. The van der Waals surface area contributed by atoms with Crippen LogP contribution in [0, 0.1) is 0 Å². The number of aromatic hydroxyl groups is 1. The maximum atomic E-state index is 10.0. The van der Waals surface area contributed by atoms with E-state index in [1.54, 1.807) is 26.2 Å². The highest BCUT2D eigenvalue weighted by atomic mass is 16.5. The molecule has 3 nitrogen and oxygen atoms in total. The fraction of sp³-hybridized carbons (Fsp3) is 0.500. The van der Waals surface area contributed by atoms with Gasteiger partial charge in [0.25, 0.3) is 0 Å². The number of hydrogen-bond donors (Lipinski definition) is 2. The Hall–Kier alpha value is -1.06. The van der Waals surface area contributed by atoms with Crippen molar-refractivity contribution >= 4 is 0 Å². The molecule has 0 saturated heterocycles. The number of aliphatic hydroxyl groups is 1. The molecule has 1 rings (SSSR count). The number of hydrogen-bond acceptors (Lipinski definition) is 3. The molecular weight excluding hydrogens is 192 g/mol. The van der Waals surface area contributed by atoms with Gasteiger partial charge in [-0.15, -0.1) is 0 Å². The Kier molecular flexibility index (Phi) is 4.12. The molecule has 1 aromatic rings. The quantitative estimate of drug-likeness (QED) is 0.778. The molecule has 2 N–H and O–H groups in total. The lowest BCUT2D eigenvalue weighted by Crippen LogP contribution is -2.28. The molecule has 0 aliphatic heterocycles. The van der Waals surface area contributed by atoms with Gasteiger partial charge in [0.05, 0.1) is 5.60 Å². The van der Waals surface area contributed by atoms with Gasteiger partial charge in [0, 0.05) is 20.1 Å². The molecule has 0 bridgehead atoms. The first-order valence-corrected chi connectivity index (χ1v) is 5.03. The first kappa shape index (κ1) is 12.0. The number of phenols is 1. The summed E-state index contributed by atoms with van der Waals surface area (Å²) in [5.41, 5.74) is 0.251. The van der Waals surface area contributed by atoms with Crippen LogP contribution in [0.3, 0.4) is 0 Å². The average Bonchev–Trinajstić information content (AvgIpc) is 2.18. The van der Waals surface area contributed by atoms with Crippen LogP contribution in [0.15, 0.2) is 24.3 Å². The van der Waals surface area contributed by atoms with E-state index in [4.69, 9.17) is 9.84 Å². The van der Waals surface area contributed by atoms with Crippen molar-refractivity contribution in [2.45, 2.75) is 25.4 Å². The van der Waals surface area contributed by atoms with Gasteiger partial charge in [-0.05, 0) is 31.0 Å². The summed E-state index contributed by atoms with van der Waals surface area (Å²) in [5.74, 6) is 0.246. The summed E-state index contributed by atoms with van der Waals surface area (Å²) in [5, 5.41) is 19.1. The van der Waals surface area contributed by atoms with Crippen LogP contribution in [0.1, 0.15) is 18.9 Å². The van der Waals surface area contributed by atoms with E-state index in [1.165, 1.54) is 0 Å². The first-order valence-electron chi connectivity index (χ1n) is 5.03. The molecule has 1 unspecified atom stereocenters. The fourth-order valence-corrected chi connectivity index (χ4v) is 1.46. The van der Waals surface area contributed by atoms with Crippen LogP contribution in [-0.2, 0) is 11.2 Å². The Balaban J connectivity index is 2.56. The molecule has 0 fully saturated rings. The summed E-state index contributed by atoms with van der Waals surface area (Å²) in [4.78, 5) is 0. The van der Waals surface area contributed by atoms with Crippen molar-refractivity contribution < 1.29 is 14.9 Å². The van der Waals surface area contributed by atoms with Crippen LogP contribution in [0.2, 0.25) is 0 Å². The minimum atomic E-state index is -0.757. The summed E-state index contributed by atoms with van der Waals surface area (Å²) in [7, 11) is 1.62. The number of benzene rings is 1. The van der Waals surface area contributed by atoms with Crippen LogP contribution in [0.25, 0.3) is 0 Å². The zero-order chi connectivity index (χ0) is 11.3. The summed E-state index contributed by atoms with van der Waals surface area (Å²) < 4.78 is 4.93. The van der Waals surface area contributed by atoms with E-state index < -0.39 is 5.60 Å². The van der Waals surface area contributed by atoms with Crippen LogP contribution in [-0.4, -0.2) is 29.5 Å². The van der Waals surface area contributed by atoms with Gasteiger partial charge in [0.2, 0.25) is 0 Å². The van der Waals surface area contributed by atoms with Crippen molar-refractivity contribution in [1.29, 1.82) is 0 Å². The number of methoxy groups -OCH3 is 1. The Labute approximate surface area is 90.3 Å². The lowest BCUT2D eigenvalue weighted by Gasteiger charge is -2.22. The van der Waals surface area contributed by atoms with Gasteiger partial charge in [0.1, 0.15) is 5.75 Å². The van der Waals surface area contributed by atoms with Gasteiger partial charge in [-0.1, -0.05) is 12.1 Å². The molecule has 0 spiro atoms. The largest absolute Gasteiger partial charge is 0.508 e. The lowest BCUT2D eigenvalue weighted by atomic mass is 9.93. The predicted octanol–water partition coefficient (Wildman–Crippen LogP) is 1.72. The maximum Gasteiger partial charge on any atom is 0.115 e. The van der Waals surface area contributed by atoms with Gasteiger partial charge in [-0.2, -0.15) is 0 Å². The standard InChI is InChI=1S/C12H18O3/c1-12(14,7-8-15-2)9-10-3-5-11(13)6-4-10/h3-6,13-14H,7-9H2,1-2H3. The smallest absolute Gasteiger partial charge is 0.115 e. The van der Waals surface area contributed by atoms with Crippen LogP contribution < -0.4 is 0 Å². The van der Waals surface area contributed by atoms with Crippen molar-refractivity contribution in [1.82, 2.24) is 0 Å². The molecular formula is C12H18O3. The lowest BCUT2D eigenvalue weighted by molar-refractivity contribution is 0.0249. The summed E-state index contributed by atoms with van der Waals surface area (Å²) in [6.07, 6.45) is 1.17. The summed E-state index contributed by atoms with van der Waals surface area (Å²) in [6.45, 7) is 2.34. The van der Waals surface area contributed by atoms with E-state index in [9.17, 15) is 5.11 Å². The van der Waals surface area contributed by atoms with E-state index in [0.29, 0.717) is 19.4 Å². The number of ether oxygens (including phenoxy) is 1. The van der Waals surface area contributed by atoms with Crippen molar-refractivity contribution in [2.75, 3.05) is 13.7 Å². The van der Waals surface area contributed by atoms with Gasteiger partial charge >= 0.3 is 0 Å². The van der Waals surface area contributed by atoms with Crippen molar-refractivity contribution in [2.24, 2.45) is 0 Å². The number of phenolic OH excluding ortho intramolecular Hbond substituents is 1. The predicted molar refractivity (Wildman–Crippen MR) is 58.9 cm³/mol. The third-order valence-corrected chi connectivity index (χ3v) is 2.37. The van der Waals surface area contributed by atoms with E-state index in [0.717, 1.165) is 5.56 Å². The molecule has 84 valence electrons. The second-order valence-electron chi connectivity index (χ2n) is 4.08. The van der Waals surface area contributed by atoms with Crippen molar-refractivity contribution in [3.63, 3.8) is 0 Å². The Morgan fingerprint density at radius 3 is 2.40 bits per heavy atom. The SMILES string of the molecule is COCCC(C)(O)Cc1ccc(O)cc1. The van der Waals surface area contributed by atoms with E-state index in [2.05, 4.69) is 0 Å². The van der Waals surface area contributed by atoms with Gasteiger partial charge < -0.3 is 14.9 Å². The Morgan fingerprint density at radius 1 is 1.27 bits per heavy atom. The molecule has 0 aromatic heterocycles. The highest BCUT2D eigenvalue weighted by Gasteiger charge is 2.20. The zero-order valence-corrected chi connectivity index (χ0v) is 9.23. The molecule has 15 heavy (non-hydrogen) atoms.